The minimum absolute atomic E-state index is 0.0534. The van der Waals surface area contributed by atoms with Gasteiger partial charge in [0.1, 0.15) is 6.61 Å². The molecule has 2 rings (SSSR count). The summed E-state index contributed by atoms with van der Waals surface area (Å²) in [5, 5.41) is 0. The molecule has 0 aromatic rings. The van der Waals surface area contributed by atoms with E-state index in [2.05, 4.69) is 0 Å². The van der Waals surface area contributed by atoms with Crippen LogP contribution < -0.4 is 5.73 Å². The molecule has 17 heavy (non-hydrogen) atoms. The van der Waals surface area contributed by atoms with Crippen LogP contribution in [0.1, 0.15) is 45.4 Å². The maximum absolute atomic E-state index is 12.1. The van der Waals surface area contributed by atoms with Gasteiger partial charge in [0.25, 0.3) is 0 Å². The van der Waals surface area contributed by atoms with Gasteiger partial charge in [-0.15, -0.1) is 0 Å². The summed E-state index contributed by atoms with van der Waals surface area (Å²) in [6.07, 6.45) is 6.16. The van der Waals surface area contributed by atoms with Gasteiger partial charge in [0.15, 0.2) is 0 Å². The number of nitrogens with two attached hydrogens (primary N) is 1. The Balaban J connectivity index is 1.80. The largest absolute Gasteiger partial charge is 0.462 e. The summed E-state index contributed by atoms with van der Waals surface area (Å²) < 4.78 is 10.9. The van der Waals surface area contributed by atoms with Crippen LogP contribution in [0.5, 0.6) is 0 Å². The van der Waals surface area contributed by atoms with Crippen LogP contribution >= 0.6 is 0 Å². The second-order valence-electron chi connectivity index (χ2n) is 5.50. The molecule has 3 unspecified atom stereocenters. The molecule has 2 N–H and O–H groups in total. The molecular weight excluding hydrogens is 218 g/mol. The lowest BCUT2D eigenvalue weighted by molar-refractivity contribution is -0.160. The van der Waals surface area contributed by atoms with E-state index in [1.807, 2.05) is 6.92 Å². The standard InChI is InChI=1S/C13H23NO3/c1-13(7-4-6-11(13)14)12(15)17-9-10-5-2-3-8-16-10/h10-11H,2-9,14H2,1H3. The van der Waals surface area contributed by atoms with Crippen LogP contribution in [-0.2, 0) is 14.3 Å². The highest BCUT2D eigenvalue weighted by molar-refractivity contribution is 5.77. The van der Waals surface area contributed by atoms with Crippen molar-refractivity contribution >= 4 is 5.97 Å². The van der Waals surface area contributed by atoms with E-state index in [4.69, 9.17) is 15.2 Å². The molecule has 3 atom stereocenters. The Morgan fingerprint density at radius 3 is 2.82 bits per heavy atom. The first-order valence-electron chi connectivity index (χ1n) is 6.67. The Hall–Kier alpha value is -0.610. The Labute approximate surface area is 103 Å². The first-order valence-corrected chi connectivity index (χ1v) is 6.67. The average molecular weight is 241 g/mol. The maximum atomic E-state index is 12.1. The molecule has 1 heterocycles. The van der Waals surface area contributed by atoms with Crippen molar-refractivity contribution in [1.82, 2.24) is 0 Å². The molecule has 4 heteroatoms. The van der Waals surface area contributed by atoms with Crippen molar-refractivity contribution in [2.45, 2.75) is 57.6 Å². The van der Waals surface area contributed by atoms with Gasteiger partial charge in [-0.25, -0.2) is 0 Å². The Morgan fingerprint density at radius 2 is 2.24 bits per heavy atom. The van der Waals surface area contributed by atoms with E-state index >= 15 is 0 Å². The molecular formula is C13H23NO3. The number of ether oxygens (including phenoxy) is 2. The second-order valence-corrected chi connectivity index (χ2v) is 5.50. The van der Waals surface area contributed by atoms with Crippen LogP contribution in [0, 0.1) is 5.41 Å². The molecule has 2 fully saturated rings. The molecule has 2 aliphatic rings. The van der Waals surface area contributed by atoms with E-state index < -0.39 is 5.41 Å². The normalized spacial score (nSPS) is 38.0. The highest BCUT2D eigenvalue weighted by Crippen LogP contribution is 2.37. The van der Waals surface area contributed by atoms with Crippen molar-refractivity contribution in [3.8, 4) is 0 Å². The number of esters is 1. The molecule has 0 bridgehead atoms. The average Bonchev–Trinajstić information content (AvgIpc) is 2.69. The Morgan fingerprint density at radius 1 is 1.41 bits per heavy atom. The SMILES string of the molecule is CC1(C(=O)OCC2CCCCO2)CCCC1N. The first kappa shape index (κ1) is 12.8. The zero-order valence-electron chi connectivity index (χ0n) is 10.6. The zero-order chi connectivity index (χ0) is 12.3. The topological polar surface area (TPSA) is 61.5 Å². The second kappa shape index (κ2) is 5.36. The molecule has 0 spiro atoms. The first-order chi connectivity index (χ1) is 8.13. The van der Waals surface area contributed by atoms with Crippen LogP contribution in [0.2, 0.25) is 0 Å². The van der Waals surface area contributed by atoms with Crippen LogP contribution in [0.15, 0.2) is 0 Å². The van der Waals surface area contributed by atoms with Gasteiger partial charge >= 0.3 is 5.97 Å². The van der Waals surface area contributed by atoms with Gasteiger partial charge in [-0.3, -0.25) is 4.79 Å². The van der Waals surface area contributed by atoms with Gasteiger partial charge < -0.3 is 15.2 Å². The summed E-state index contributed by atoms with van der Waals surface area (Å²) in [5.41, 5.74) is 5.51. The van der Waals surface area contributed by atoms with E-state index in [0.717, 1.165) is 38.7 Å². The van der Waals surface area contributed by atoms with Gasteiger partial charge in [0.05, 0.1) is 11.5 Å². The Bertz CT molecular complexity index is 276. The smallest absolute Gasteiger partial charge is 0.313 e. The lowest BCUT2D eigenvalue weighted by atomic mass is 9.85. The summed E-state index contributed by atoms with van der Waals surface area (Å²) in [6, 6.07) is -0.0534. The van der Waals surface area contributed by atoms with E-state index in [-0.39, 0.29) is 18.1 Å². The fourth-order valence-electron chi connectivity index (χ4n) is 2.72. The fourth-order valence-corrected chi connectivity index (χ4v) is 2.72. The summed E-state index contributed by atoms with van der Waals surface area (Å²) in [5.74, 6) is -0.142. The number of rotatable bonds is 3. The zero-order valence-corrected chi connectivity index (χ0v) is 10.6. The molecule has 1 aliphatic heterocycles. The van der Waals surface area contributed by atoms with Crippen molar-refractivity contribution < 1.29 is 14.3 Å². The fraction of sp³-hybridized carbons (Fsp3) is 0.923. The molecule has 0 radical (unpaired) electrons. The van der Waals surface area contributed by atoms with E-state index in [1.54, 1.807) is 0 Å². The highest BCUT2D eigenvalue weighted by Gasteiger charge is 2.44. The van der Waals surface area contributed by atoms with Gasteiger partial charge in [-0.1, -0.05) is 6.42 Å². The number of carbonyl (C=O) groups is 1. The molecule has 4 nitrogen and oxygen atoms in total. The van der Waals surface area contributed by atoms with Crippen LogP contribution in [-0.4, -0.2) is 31.3 Å². The van der Waals surface area contributed by atoms with Gasteiger partial charge in [0, 0.05) is 12.6 Å². The minimum Gasteiger partial charge on any atom is -0.462 e. The molecule has 98 valence electrons. The number of carbonyl (C=O) groups excluding carboxylic acids is 1. The molecule has 0 aromatic heterocycles. The third-order valence-electron chi connectivity index (χ3n) is 4.17. The lowest BCUT2D eigenvalue weighted by Gasteiger charge is -2.28. The molecule has 1 saturated heterocycles. The van der Waals surface area contributed by atoms with Gasteiger partial charge in [-0.2, -0.15) is 0 Å². The van der Waals surface area contributed by atoms with Gasteiger partial charge in [0.2, 0.25) is 0 Å². The molecule has 0 amide bonds. The minimum atomic E-state index is -0.478. The van der Waals surface area contributed by atoms with Crippen molar-refractivity contribution in [3.05, 3.63) is 0 Å². The van der Waals surface area contributed by atoms with Crippen molar-refractivity contribution in [1.29, 1.82) is 0 Å². The van der Waals surface area contributed by atoms with E-state index in [9.17, 15) is 4.79 Å². The third-order valence-corrected chi connectivity index (χ3v) is 4.17. The monoisotopic (exact) mass is 241 g/mol. The van der Waals surface area contributed by atoms with Crippen LogP contribution in [0.25, 0.3) is 0 Å². The Kier molecular flexibility index (Phi) is 4.05. The predicted molar refractivity (Wildman–Crippen MR) is 64.5 cm³/mol. The highest BCUT2D eigenvalue weighted by atomic mass is 16.6. The number of hydrogen-bond acceptors (Lipinski definition) is 4. The van der Waals surface area contributed by atoms with E-state index in [0.29, 0.717) is 6.61 Å². The molecule has 0 aromatic carbocycles. The van der Waals surface area contributed by atoms with Gasteiger partial charge in [-0.05, 0) is 39.0 Å². The van der Waals surface area contributed by atoms with E-state index in [1.165, 1.54) is 6.42 Å². The number of hydrogen-bond donors (Lipinski definition) is 1. The quantitative estimate of drug-likeness (QED) is 0.763. The maximum Gasteiger partial charge on any atom is 0.313 e. The predicted octanol–water partition coefficient (Wildman–Crippen LogP) is 1.62. The summed E-state index contributed by atoms with van der Waals surface area (Å²) in [7, 11) is 0. The molecule has 1 aliphatic carbocycles. The molecule has 1 saturated carbocycles. The lowest BCUT2D eigenvalue weighted by Crippen LogP contribution is -2.43. The van der Waals surface area contributed by atoms with Crippen LogP contribution in [0.3, 0.4) is 0 Å². The summed E-state index contributed by atoms with van der Waals surface area (Å²) in [4.78, 5) is 12.1. The summed E-state index contributed by atoms with van der Waals surface area (Å²) >= 11 is 0. The van der Waals surface area contributed by atoms with Crippen LogP contribution in [0.4, 0.5) is 0 Å². The van der Waals surface area contributed by atoms with Crippen molar-refractivity contribution in [3.63, 3.8) is 0 Å². The third kappa shape index (κ3) is 2.80. The van der Waals surface area contributed by atoms with Crippen molar-refractivity contribution in [2.24, 2.45) is 11.1 Å². The summed E-state index contributed by atoms with van der Waals surface area (Å²) in [6.45, 7) is 3.11. The van der Waals surface area contributed by atoms with Crippen molar-refractivity contribution in [2.75, 3.05) is 13.2 Å².